The Kier molecular flexibility index (Phi) is 5.98. The molecule has 2 rings (SSSR count). The average Bonchev–Trinajstić information content (AvgIpc) is 2.49. The van der Waals surface area contributed by atoms with E-state index in [1.165, 1.54) is 6.07 Å². The molecule has 0 heterocycles. The van der Waals surface area contributed by atoms with Crippen molar-refractivity contribution in [2.45, 2.75) is 0 Å². The minimum Gasteiger partial charge on any atom is -0.452 e. The molecule has 0 saturated carbocycles. The topological polar surface area (TPSA) is 55.4 Å². The Hall–Kier alpha value is -1.63. The third-order valence-corrected chi connectivity index (χ3v) is 4.00. The first-order chi connectivity index (χ1) is 10.9. The molecule has 0 aromatic heterocycles. The summed E-state index contributed by atoms with van der Waals surface area (Å²) in [5, 5.41) is 2.98. The molecule has 0 bridgehead atoms. The van der Waals surface area contributed by atoms with Gasteiger partial charge in [-0.05, 0) is 46.3 Å². The highest BCUT2D eigenvalue weighted by Gasteiger charge is 2.15. The number of benzene rings is 2. The maximum absolute atomic E-state index is 13.0. The molecule has 120 valence electrons. The lowest BCUT2D eigenvalue weighted by Crippen LogP contribution is -2.21. The van der Waals surface area contributed by atoms with Gasteiger partial charge in [0.2, 0.25) is 0 Å². The van der Waals surface area contributed by atoms with Crippen molar-refractivity contribution >= 4 is 56.7 Å². The van der Waals surface area contributed by atoms with Gasteiger partial charge in [-0.25, -0.2) is 9.18 Å². The molecular weight excluding hydrogens is 412 g/mol. The van der Waals surface area contributed by atoms with Gasteiger partial charge in [0.15, 0.2) is 6.61 Å². The Morgan fingerprint density at radius 2 is 1.83 bits per heavy atom. The summed E-state index contributed by atoms with van der Waals surface area (Å²) in [6, 6.07) is 8.25. The van der Waals surface area contributed by atoms with Crippen LogP contribution in [-0.4, -0.2) is 18.5 Å². The summed E-state index contributed by atoms with van der Waals surface area (Å²) in [7, 11) is 0. The molecule has 4 nitrogen and oxygen atoms in total. The molecule has 0 aliphatic rings. The molecule has 2 aromatic rings. The van der Waals surface area contributed by atoms with Crippen LogP contribution in [0.25, 0.3) is 0 Å². The molecule has 1 amide bonds. The van der Waals surface area contributed by atoms with Crippen LogP contribution in [0.5, 0.6) is 0 Å². The standard InChI is InChI=1S/C15H9BrCl2FNO3/c16-10-6-8(19)4-5-9(10)15(22)23-7-13(21)20-14-11(17)2-1-3-12(14)18/h1-6H,7H2,(H,20,21). The summed E-state index contributed by atoms with van der Waals surface area (Å²) in [6.07, 6.45) is 0. The van der Waals surface area contributed by atoms with Gasteiger partial charge in [0.1, 0.15) is 5.82 Å². The fourth-order valence-corrected chi connectivity index (χ4v) is 2.66. The Labute approximate surface area is 149 Å². The van der Waals surface area contributed by atoms with Gasteiger partial charge in [-0.3, -0.25) is 4.79 Å². The molecule has 23 heavy (non-hydrogen) atoms. The van der Waals surface area contributed by atoms with Crippen LogP contribution < -0.4 is 5.32 Å². The number of hydrogen-bond donors (Lipinski definition) is 1. The fourth-order valence-electron chi connectivity index (χ4n) is 1.66. The Morgan fingerprint density at radius 3 is 2.43 bits per heavy atom. The Bertz CT molecular complexity index is 750. The van der Waals surface area contributed by atoms with E-state index in [0.29, 0.717) is 0 Å². The minimum atomic E-state index is -0.766. The summed E-state index contributed by atoms with van der Waals surface area (Å²) < 4.78 is 18.1. The number of esters is 1. The van der Waals surface area contributed by atoms with Crippen LogP contribution >= 0.6 is 39.1 Å². The van der Waals surface area contributed by atoms with Crippen molar-refractivity contribution in [3.63, 3.8) is 0 Å². The van der Waals surface area contributed by atoms with Crippen LogP contribution in [0, 0.1) is 5.82 Å². The molecule has 8 heteroatoms. The number of carbonyl (C=O) groups excluding carboxylic acids is 2. The van der Waals surface area contributed by atoms with Gasteiger partial charge >= 0.3 is 5.97 Å². The quantitative estimate of drug-likeness (QED) is 0.730. The summed E-state index contributed by atoms with van der Waals surface area (Å²) in [6.45, 7) is -0.537. The van der Waals surface area contributed by atoms with Crippen LogP contribution in [0.4, 0.5) is 10.1 Å². The Morgan fingerprint density at radius 1 is 1.17 bits per heavy atom. The monoisotopic (exact) mass is 419 g/mol. The van der Waals surface area contributed by atoms with Gasteiger partial charge in [-0.1, -0.05) is 29.3 Å². The highest BCUT2D eigenvalue weighted by atomic mass is 79.9. The van der Waals surface area contributed by atoms with Gasteiger partial charge in [-0.15, -0.1) is 0 Å². The van der Waals surface area contributed by atoms with Crippen molar-refractivity contribution in [1.29, 1.82) is 0 Å². The van der Waals surface area contributed by atoms with Gasteiger partial charge in [0.25, 0.3) is 5.91 Å². The van der Waals surface area contributed by atoms with Gasteiger partial charge in [0, 0.05) is 4.47 Å². The fraction of sp³-hybridized carbons (Fsp3) is 0.0667. The molecule has 0 aliphatic heterocycles. The van der Waals surface area contributed by atoms with Gasteiger partial charge in [-0.2, -0.15) is 0 Å². The second-order valence-electron chi connectivity index (χ2n) is 4.35. The summed E-state index contributed by atoms with van der Waals surface area (Å²) in [5.41, 5.74) is 0.342. The second-order valence-corrected chi connectivity index (χ2v) is 6.01. The summed E-state index contributed by atoms with van der Waals surface area (Å²) >= 11 is 14.9. The number of rotatable bonds is 4. The summed E-state index contributed by atoms with van der Waals surface area (Å²) in [5.74, 6) is -1.87. The lowest BCUT2D eigenvalue weighted by atomic mass is 10.2. The molecule has 0 fully saturated rings. The third kappa shape index (κ3) is 4.67. The van der Waals surface area contributed by atoms with Crippen molar-refractivity contribution < 1.29 is 18.7 Å². The molecule has 2 aromatic carbocycles. The van der Waals surface area contributed by atoms with E-state index < -0.39 is 24.3 Å². The molecule has 0 radical (unpaired) electrons. The number of para-hydroxylation sites is 1. The van der Waals surface area contributed by atoms with Crippen LogP contribution in [0.15, 0.2) is 40.9 Å². The molecule has 0 atom stereocenters. The molecule has 0 saturated heterocycles. The molecule has 0 aliphatic carbocycles. The van der Waals surface area contributed by atoms with Crippen molar-refractivity contribution in [1.82, 2.24) is 0 Å². The van der Waals surface area contributed by atoms with Gasteiger partial charge < -0.3 is 10.1 Å². The normalized spacial score (nSPS) is 10.3. The first-order valence-corrected chi connectivity index (χ1v) is 7.79. The SMILES string of the molecule is O=C(COC(=O)c1ccc(F)cc1Br)Nc1c(Cl)cccc1Cl. The predicted molar refractivity (Wildman–Crippen MR) is 89.5 cm³/mol. The molecule has 0 unspecified atom stereocenters. The maximum atomic E-state index is 13.0. The van der Waals surface area contributed by atoms with E-state index in [-0.39, 0.29) is 25.8 Å². The van der Waals surface area contributed by atoms with E-state index in [2.05, 4.69) is 21.2 Å². The van der Waals surface area contributed by atoms with Crippen LogP contribution in [-0.2, 0) is 9.53 Å². The van der Waals surface area contributed by atoms with Gasteiger partial charge in [0.05, 0.1) is 21.3 Å². The number of nitrogens with one attached hydrogen (secondary N) is 1. The molecule has 0 spiro atoms. The van der Waals surface area contributed by atoms with E-state index in [4.69, 9.17) is 27.9 Å². The van der Waals surface area contributed by atoms with Crippen LogP contribution in [0.3, 0.4) is 0 Å². The smallest absolute Gasteiger partial charge is 0.339 e. The summed E-state index contributed by atoms with van der Waals surface area (Å²) in [4.78, 5) is 23.7. The zero-order valence-electron chi connectivity index (χ0n) is 11.4. The number of amides is 1. The number of halogens is 4. The zero-order valence-corrected chi connectivity index (χ0v) is 14.5. The lowest BCUT2D eigenvalue weighted by molar-refractivity contribution is -0.119. The number of anilines is 1. The first kappa shape index (κ1) is 17.7. The van der Waals surface area contributed by atoms with Crippen LogP contribution in [0.1, 0.15) is 10.4 Å². The number of hydrogen-bond acceptors (Lipinski definition) is 3. The van der Waals surface area contributed by atoms with E-state index in [0.717, 1.165) is 12.1 Å². The third-order valence-electron chi connectivity index (χ3n) is 2.71. The number of ether oxygens (including phenoxy) is 1. The molecular formula is C15H9BrCl2FNO3. The van der Waals surface area contributed by atoms with Crippen molar-refractivity contribution in [3.05, 3.63) is 62.3 Å². The highest BCUT2D eigenvalue weighted by Crippen LogP contribution is 2.29. The lowest BCUT2D eigenvalue weighted by Gasteiger charge is -2.10. The van der Waals surface area contributed by atoms with Crippen molar-refractivity contribution in [3.8, 4) is 0 Å². The zero-order chi connectivity index (χ0) is 17.0. The van der Waals surface area contributed by atoms with Crippen molar-refractivity contribution in [2.75, 3.05) is 11.9 Å². The number of carbonyl (C=O) groups is 2. The average molecular weight is 421 g/mol. The predicted octanol–water partition coefficient (Wildman–Crippen LogP) is 4.69. The second kappa shape index (κ2) is 7.77. The van der Waals surface area contributed by atoms with Crippen LogP contribution in [0.2, 0.25) is 10.0 Å². The largest absolute Gasteiger partial charge is 0.452 e. The van der Waals surface area contributed by atoms with E-state index >= 15 is 0 Å². The Balaban J connectivity index is 1.98. The van der Waals surface area contributed by atoms with E-state index in [1.807, 2.05) is 0 Å². The molecule has 1 N–H and O–H groups in total. The van der Waals surface area contributed by atoms with E-state index in [9.17, 15) is 14.0 Å². The van der Waals surface area contributed by atoms with Crippen molar-refractivity contribution in [2.24, 2.45) is 0 Å². The first-order valence-electron chi connectivity index (χ1n) is 6.24. The van der Waals surface area contributed by atoms with E-state index in [1.54, 1.807) is 18.2 Å². The minimum absolute atomic E-state index is 0.106. The maximum Gasteiger partial charge on any atom is 0.339 e. The highest BCUT2D eigenvalue weighted by molar-refractivity contribution is 9.10.